The number of rotatable bonds is 6. The van der Waals surface area contributed by atoms with Crippen LogP contribution in [0.3, 0.4) is 0 Å². The summed E-state index contributed by atoms with van der Waals surface area (Å²) in [4.78, 5) is 25.2. The van der Waals surface area contributed by atoms with Crippen molar-refractivity contribution < 1.29 is 22.0 Å². The number of amides is 2. The number of sulfonamides is 1. The van der Waals surface area contributed by atoms with Crippen molar-refractivity contribution in [2.75, 3.05) is 17.7 Å². The minimum Gasteiger partial charge on any atom is -0.388 e. The molecule has 0 bridgehead atoms. The van der Waals surface area contributed by atoms with Crippen LogP contribution in [0.1, 0.15) is 5.56 Å². The molecule has 0 aliphatic rings. The van der Waals surface area contributed by atoms with Gasteiger partial charge in [0.15, 0.2) is 0 Å². The molecule has 0 atom stereocenters. The standard InChI is InChI=1S/C22H17ClF2N4O4S2/c1-26-14-2-3-16-12(8-14)6-7-29(21(16)30)20-13(11-24)9-15(10-17(20)25)27-22(31)28-35(32,33)19-5-4-18(23)34-19/h2-10,26H,11H2,1H3,(H2,27,28,31). The number of urea groups is 1. The van der Waals surface area contributed by atoms with Crippen LogP contribution >= 0.6 is 22.9 Å². The zero-order valence-electron chi connectivity index (χ0n) is 17.9. The van der Waals surface area contributed by atoms with E-state index < -0.39 is 34.1 Å². The zero-order valence-corrected chi connectivity index (χ0v) is 20.3. The van der Waals surface area contributed by atoms with Crippen LogP contribution in [-0.2, 0) is 16.7 Å². The molecule has 0 fully saturated rings. The van der Waals surface area contributed by atoms with Gasteiger partial charge < -0.3 is 10.6 Å². The van der Waals surface area contributed by atoms with Gasteiger partial charge in [0.1, 0.15) is 16.7 Å². The molecule has 2 amide bonds. The number of pyridine rings is 1. The van der Waals surface area contributed by atoms with Crippen molar-refractivity contribution in [3.05, 3.63) is 80.8 Å². The molecule has 182 valence electrons. The van der Waals surface area contributed by atoms with Crippen molar-refractivity contribution in [3.8, 4) is 5.69 Å². The molecule has 2 heterocycles. The summed E-state index contributed by atoms with van der Waals surface area (Å²) in [5.41, 5.74) is -0.519. The summed E-state index contributed by atoms with van der Waals surface area (Å²) < 4.78 is 56.3. The van der Waals surface area contributed by atoms with Crippen molar-refractivity contribution in [1.82, 2.24) is 9.29 Å². The van der Waals surface area contributed by atoms with E-state index in [-0.39, 0.29) is 25.5 Å². The van der Waals surface area contributed by atoms with E-state index in [1.54, 1.807) is 36.0 Å². The number of benzene rings is 2. The van der Waals surface area contributed by atoms with Crippen LogP contribution < -0.4 is 20.9 Å². The fourth-order valence-electron chi connectivity index (χ4n) is 3.45. The number of nitrogens with one attached hydrogen (secondary N) is 3. The first-order chi connectivity index (χ1) is 16.6. The van der Waals surface area contributed by atoms with E-state index in [2.05, 4.69) is 10.6 Å². The lowest BCUT2D eigenvalue weighted by molar-refractivity contribution is 0.256. The fourth-order valence-corrected chi connectivity index (χ4v) is 5.84. The number of nitrogens with zero attached hydrogens (tertiary/aromatic N) is 1. The molecular weight excluding hydrogens is 522 g/mol. The number of fused-ring (bicyclic) bond motifs is 1. The molecule has 0 aliphatic carbocycles. The minimum absolute atomic E-state index is 0.193. The molecular formula is C22H17ClF2N4O4S2. The molecule has 2 aromatic heterocycles. The third kappa shape index (κ3) is 4.99. The third-order valence-electron chi connectivity index (χ3n) is 5.02. The summed E-state index contributed by atoms with van der Waals surface area (Å²) in [5, 5.41) is 6.04. The van der Waals surface area contributed by atoms with Gasteiger partial charge in [-0.2, -0.15) is 0 Å². The van der Waals surface area contributed by atoms with Crippen molar-refractivity contribution in [3.63, 3.8) is 0 Å². The molecule has 4 rings (SSSR count). The molecule has 0 radical (unpaired) electrons. The summed E-state index contributed by atoms with van der Waals surface area (Å²) >= 11 is 6.47. The van der Waals surface area contributed by atoms with Crippen molar-refractivity contribution in [1.29, 1.82) is 0 Å². The molecule has 8 nitrogen and oxygen atoms in total. The first-order valence-corrected chi connectivity index (χ1v) is 12.6. The third-order valence-corrected chi connectivity index (χ3v) is 8.07. The maximum Gasteiger partial charge on any atom is 0.333 e. The van der Waals surface area contributed by atoms with E-state index >= 15 is 4.39 Å². The Kier molecular flexibility index (Phi) is 6.79. The van der Waals surface area contributed by atoms with Gasteiger partial charge in [0.05, 0.1) is 10.0 Å². The maximum absolute atomic E-state index is 15.1. The lowest BCUT2D eigenvalue weighted by Gasteiger charge is -2.15. The Bertz CT molecular complexity index is 1620. The van der Waals surface area contributed by atoms with Crippen LogP contribution in [0.15, 0.2) is 63.7 Å². The van der Waals surface area contributed by atoms with E-state index in [4.69, 9.17) is 11.6 Å². The number of carbonyl (C=O) groups is 1. The lowest BCUT2D eigenvalue weighted by Crippen LogP contribution is -2.34. The van der Waals surface area contributed by atoms with Crippen LogP contribution in [0.5, 0.6) is 0 Å². The quantitative estimate of drug-likeness (QED) is 0.324. The summed E-state index contributed by atoms with van der Waals surface area (Å²) in [7, 11) is -2.48. The Labute approximate surface area is 207 Å². The molecule has 4 aromatic rings. The Morgan fingerprint density at radius 1 is 1.11 bits per heavy atom. The minimum atomic E-state index is -4.21. The molecule has 0 unspecified atom stereocenters. The number of alkyl halides is 1. The largest absolute Gasteiger partial charge is 0.388 e. The maximum atomic E-state index is 15.1. The second-order valence-electron chi connectivity index (χ2n) is 7.26. The highest BCUT2D eigenvalue weighted by Gasteiger charge is 2.21. The van der Waals surface area contributed by atoms with Gasteiger partial charge in [-0.05, 0) is 53.9 Å². The molecule has 0 aliphatic heterocycles. The Morgan fingerprint density at radius 2 is 1.89 bits per heavy atom. The van der Waals surface area contributed by atoms with Crippen molar-refractivity contribution >= 4 is 61.1 Å². The average molecular weight is 539 g/mol. The Morgan fingerprint density at radius 3 is 2.54 bits per heavy atom. The number of hydrogen-bond donors (Lipinski definition) is 3. The van der Waals surface area contributed by atoms with E-state index in [0.29, 0.717) is 10.8 Å². The second-order valence-corrected chi connectivity index (χ2v) is 10.9. The monoisotopic (exact) mass is 538 g/mol. The van der Waals surface area contributed by atoms with Gasteiger partial charge in [-0.1, -0.05) is 11.6 Å². The number of thiophene rings is 1. The van der Waals surface area contributed by atoms with E-state index in [0.717, 1.165) is 33.7 Å². The van der Waals surface area contributed by atoms with Gasteiger partial charge in [0.25, 0.3) is 15.6 Å². The summed E-state index contributed by atoms with van der Waals surface area (Å²) in [6.45, 7) is -1.15. The summed E-state index contributed by atoms with van der Waals surface area (Å²) in [5.74, 6) is -0.989. The number of aromatic nitrogens is 1. The molecule has 0 spiro atoms. The molecule has 35 heavy (non-hydrogen) atoms. The predicted molar refractivity (Wildman–Crippen MR) is 133 cm³/mol. The Balaban J connectivity index is 1.66. The van der Waals surface area contributed by atoms with Gasteiger partial charge in [0, 0.05) is 35.6 Å². The highest BCUT2D eigenvalue weighted by molar-refractivity contribution is 7.92. The van der Waals surface area contributed by atoms with E-state index in [1.165, 1.54) is 18.3 Å². The predicted octanol–water partition coefficient (Wildman–Crippen LogP) is 4.87. The molecule has 2 aromatic carbocycles. The van der Waals surface area contributed by atoms with Gasteiger partial charge in [-0.25, -0.2) is 26.7 Å². The molecule has 13 heteroatoms. The zero-order chi connectivity index (χ0) is 25.3. The normalized spacial score (nSPS) is 11.4. The number of hydrogen-bond acceptors (Lipinski definition) is 6. The van der Waals surface area contributed by atoms with Crippen molar-refractivity contribution in [2.24, 2.45) is 0 Å². The smallest absolute Gasteiger partial charge is 0.333 e. The first-order valence-electron chi connectivity index (χ1n) is 9.94. The summed E-state index contributed by atoms with van der Waals surface area (Å²) in [6.07, 6.45) is 1.33. The van der Waals surface area contributed by atoms with Gasteiger partial charge >= 0.3 is 6.03 Å². The van der Waals surface area contributed by atoms with Crippen LogP contribution in [0.25, 0.3) is 16.5 Å². The molecule has 0 saturated heterocycles. The molecule has 0 saturated carbocycles. The van der Waals surface area contributed by atoms with Crippen LogP contribution in [0.4, 0.5) is 25.0 Å². The highest BCUT2D eigenvalue weighted by atomic mass is 35.5. The average Bonchev–Trinajstić information content (AvgIpc) is 3.26. The van der Waals surface area contributed by atoms with Crippen LogP contribution in [-0.4, -0.2) is 26.1 Å². The lowest BCUT2D eigenvalue weighted by atomic mass is 10.1. The first kappa shape index (κ1) is 24.6. The second kappa shape index (κ2) is 9.64. The molecule has 3 N–H and O–H groups in total. The van der Waals surface area contributed by atoms with E-state index in [9.17, 15) is 22.4 Å². The fraction of sp³-hybridized carbons (Fsp3) is 0.0909. The highest BCUT2D eigenvalue weighted by Crippen LogP contribution is 2.27. The Hall–Kier alpha value is -3.48. The number of carbonyl (C=O) groups excluding carboxylic acids is 1. The topological polar surface area (TPSA) is 109 Å². The SMILES string of the molecule is CNc1ccc2c(=O)n(-c3c(F)cc(NC(=O)NS(=O)(=O)c4ccc(Cl)s4)cc3CF)ccc2c1. The van der Waals surface area contributed by atoms with Gasteiger partial charge in [-0.15, -0.1) is 11.3 Å². The van der Waals surface area contributed by atoms with Crippen molar-refractivity contribution in [2.45, 2.75) is 10.9 Å². The summed E-state index contributed by atoms with van der Waals surface area (Å²) in [6, 6.07) is 9.98. The van der Waals surface area contributed by atoms with Gasteiger partial charge in [0.2, 0.25) is 0 Å². The number of anilines is 2. The van der Waals surface area contributed by atoms with Gasteiger partial charge in [-0.3, -0.25) is 9.36 Å². The van der Waals surface area contributed by atoms with E-state index in [1.807, 2.05) is 0 Å². The van der Waals surface area contributed by atoms with Crippen LogP contribution in [0.2, 0.25) is 4.34 Å². The number of halogens is 3. The van der Waals surface area contributed by atoms with Crippen LogP contribution in [0, 0.1) is 5.82 Å².